The van der Waals surface area contributed by atoms with Crippen molar-refractivity contribution in [2.75, 3.05) is 0 Å². The number of ketones is 3. The predicted molar refractivity (Wildman–Crippen MR) is 81.1 cm³/mol. The average molecular weight is 310 g/mol. The minimum absolute atomic E-state index is 0.0671. The van der Waals surface area contributed by atoms with Gasteiger partial charge in [-0.15, -0.1) is 0 Å². The molecule has 23 heavy (non-hydrogen) atoms. The van der Waals surface area contributed by atoms with Crippen LogP contribution in [0.3, 0.4) is 0 Å². The molecule has 2 N–H and O–H groups in total. The van der Waals surface area contributed by atoms with Crippen molar-refractivity contribution in [3.8, 4) is 0 Å². The molecule has 0 atom stereocenters. The number of aliphatic hydroxyl groups is 2. The van der Waals surface area contributed by atoms with Crippen LogP contribution < -0.4 is 0 Å². The van der Waals surface area contributed by atoms with Gasteiger partial charge in [0.05, 0.1) is 0 Å². The van der Waals surface area contributed by atoms with Gasteiger partial charge in [0, 0.05) is 24.0 Å². The molecule has 0 saturated carbocycles. The lowest BCUT2D eigenvalue weighted by Gasteiger charge is -2.08. The Morgan fingerprint density at radius 1 is 0.696 bits per heavy atom. The lowest BCUT2D eigenvalue weighted by Crippen LogP contribution is -2.40. The summed E-state index contributed by atoms with van der Waals surface area (Å²) in [5, 5.41) is 18.2. The summed E-state index contributed by atoms with van der Waals surface area (Å²) >= 11 is 0. The van der Waals surface area contributed by atoms with Crippen LogP contribution in [0.4, 0.5) is 0 Å². The van der Waals surface area contributed by atoms with E-state index >= 15 is 0 Å². The summed E-state index contributed by atoms with van der Waals surface area (Å²) in [6, 6.07) is 13.9. The molecule has 5 nitrogen and oxygen atoms in total. The van der Waals surface area contributed by atoms with Gasteiger partial charge in [-0.1, -0.05) is 48.5 Å². The van der Waals surface area contributed by atoms with Crippen LogP contribution in [0.25, 0.3) is 0 Å². The topological polar surface area (TPSA) is 91.7 Å². The highest BCUT2D eigenvalue weighted by Gasteiger charge is 2.50. The van der Waals surface area contributed by atoms with Crippen molar-refractivity contribution < 1.29 is 24.6 Å². The third-order valence-electron chi connectivity index (χ3n) is 3.94. The highest BCUT2D eigenvalue weighted by molar-refractivity contribution is 6.30. The molecule has 0 amide bonds. The second kappa shape index (κ2) is 5.53. The van der Waals surface area contributed by atoms with Crippen LogP contribution in [0.1, 0.15) is 31.8 Å². The first-order valence-electron chi connectivity index (χ1n) is 7.13. The van der Waals surface area contributed by atoms with E-state index in [0.717, 1.165) is 0 Å². The number of Topliss-reactive ketones (excluding diaryl/α,β-unsaturated/α-hetero) is 3. The third kappa shape index (κ3) is 2.60. The lowest BCUT2D eigenvalue weighted by molar-refractivity contribution is -0.117. The van der Waals surface area contributed by atoms with Gasteiger partial charge < -0.3 is 10.2 Å². The van der Waals surface area contributed by atoms with Crippen LogP contribution in [0.5, 0.6) is 0 Å². The second-order valence-corrected chi connectivity index (χ2v) is 5.54. The fourth-order valence-corrected chi connectivity index (χ4v) is 2.75. The van der Waals surface area contributed by atoms with Crippen molar-refractivity contribution in [1.82, 2.24) is 0 Å². The molecule has 0 radical (unpaired) electrons. The van der Waals surface area contributed by atoms with Gasteiger partial charge in [-0.3, -0.25) is 14.4 Å². The SMILES string of the molecule is O=C1Cc2ccccc2C1.O=C1c2ccccc2C(=O)C1(O)O. The molecular weight excluding hydrogens is 296 g/mol. The Hall–Kier alpha value is -2.63. The standard InChI is InChI=1S/C9H6O4.C9H8O/c10-7-5-3-1-2-4-6(5)8(11)9(7,12)13;10-9-5-7-3-1-2-4-8(7)6-9/h1-4,12-13H;1-4H,5-6H2. The summed E-state index contributed by atoms with van der Waals surface area (Å²) in [4.78, 5) is 33.3. The van der Waals surface area contributed by atoms with E-state index in [0.29, 0.717) is 18.6 Å². The smallest absolute Gasteiger partial charge is 0.295 e. The van der Waals surface area contributed by atoms with Gasteiger partial charge in [-0.05, 0) is 11.1 Å². The van der Waals surface area contributed by atoms with E-state index in [4.69, 9.17) is 10.2 Å². The fraction of sp³-hybridized carbons (Fsp3) is 0.167. The summed E-state index contributed by atoms with van der Waals surface area (Å²) in [6.07, 6.45) is 1.30. The fourth-order valence-electron chi connectivity index (χ4n) is 2.75. The molecule has 0 fully saturated rings. The lowest BCUT2D eigenvalue weighted by atomic mass is 10.1. The molecular formula is C18H14O5. The summed E-state index contributed by atoms with van der Waals surface area (Å²) in [6.45, 7) is 0. The molecule has 0 aromatic heterocycles. The van der Waals surface area contributed by atoms with Crippen LogP contribution in [-0.2, 0) is 17.6 Å². The summed E-state index contributed by atoms with van der Waals surface area (Å²) in [7, 11) is 0. The zero-order valence-corrected chi connectivity index (χ0v) is 12.2. The first-order valence-corrected chi connectivity index (χ1v) is 7.13. The Balaban J connectivity index is 0.000000140. The van der Waals surface area contributed by atoms with E-state index in [-0.39, 0.29) is 11.1 Å². The van der Waals surface area contributed by atoms with E-state index in [9.17, 15) is 14.4 Å². The summed E-state index contributed by atoms with van der Waals surface area (Å²) in [5.41, 5.74) is 2.56. The van der Waals surface area contributed by atoms with Gasteiger partial charge in [0.25, 0.3) is 5.79 Å². The maximum Gasteiger partial charge on any atom is 0.295 e. The average Bonchev–Trinajstić information content (AvgIpc) is 3.00. The van der Waals surface area contributed by atoms with Crippen molar-refractivity contribution in [3.63, 3.8) is 0 Å². The molecule has 0 heterocycles. The van der Waals surface area contributed by atoms with Gasteiger partial charge in [-0.2, -0.15) is 0 Å². The van der Waals surface area contributed by atoms with Crippen molar-refractivity contribution in [2.45, 2.75) is 18.6 Å². The molecule has 0 aliphatic heterocycles. The number of rotatable bonds is 0. The maximum absolute atomic E-state index is 11.2. The Labute approximate surface area is 132 Å². The highest BCUT2D eigenvalue weighted by Crippen LogP contribution is 2.27. The van der Waals surface area contributed by atoms with Crippen molar-refractivity contribution >= 4 is 17.3 Å². The first-order chi connectivity index (χ1) is 10.9. The van der Waals surface area contributed by atoms with Gasteiger partial charge in [0.15, 0.2) is 0 Å². The monoisotopic (exact) mass is 310 g/mol. The molecule has 2 aliphatic carbocycles. The number of fused-ring (bicyclic) bond motifs is 2. The molecule has 0 saturated heterocycles. The maximum atomic E-state index is 11.2. The second-order valence-electron chi connectivity index (χ2n) is 5.54. The van der Waals surface area contributed by atoms with Crippen LogP contribution >= 0.6 is 0 Å². The Kier molecular flexibility index (Phi) is 3.67. The quantitative estimate of drug-likeness (QED) is 0.561. The van der Waals surface area contributed by atoms with E-state index < -0.39 is 17.4 Å². The third-order valence-corrected chi connectivity index (χ3v) is 3.94. The van der Waals surface area contributed by atoms with Crippen LogP contribution in [-0.4, -0.2) is 33.3 Å². The van der Waals surface area contributed by atoms with Crippen LogP contribution in [0, 0.1) is 0 Å². The van der Waals surface area contributed by atoms with Gasteiger partial charge in [0.1, 0.15) is 5.78 Å². The number of hydrogen-bond acceptors (Lipinski definition) is 5. The van der Waals surface area contributed by atoms with Crippen molar-refractivity contribution in [2.24, 2.45) is 0 Å². The Bertz CT molecular complexity index is 756. The molecule has 5 heteroatoms. The van der Waals surface area contributed by atoms with Gasteiger partial charge in [-0.25, -0.2) is 0 Å². The minimum atomic E-state index is -2.86. The Morgan fingerprint density at radius 2 is 1.09 bits per heavy atom. The summed E-state index contributed by atoms with van der Waals surface area (Å²) < 4.78 is 0. The van der Waals surface area contributed by atoms with E-state index in [1.807, 2.05) is 24.3 Å². The summed E-state index contributed by atoms with van der Waals surface area (Å²) in [5.74, 6) is -4.41. The molecule has 0 unspecified atom stereocenters. The molecule has 2 aromatic rings. The number of carbonyl (C=O) groups is 3. The number of carbonyl (C=O) groups excluding carboxylic acids is 3. The molecule has 0 bridgehead atoms. The van der Waals surface area contributed by atoms with E-state index in [1.54, 1.807) is 12.1 Å². The van der Waals surface area contributed by atoms with Crippen LogP contribution in [0.2, 0.25) is 0 Å². The molecule has 2 aromatic carbocycles. The first kappa shape index (κ1) is 15.3. The normalized spacial score (nSPS) is 17.4. The zero-order chi connectivity index (χ0) is 16.6. The number of hydrogen-bond donors (Lipinski definition) is 2. The van der Waals surface area contributed by atoms with Crippen molar-refractivity contribution in [1.29, 1.82) is 0 Å². The van der Waals surface area contributed by atoms with E-state index in [1.165, 1.54) is 23.3 Å². The van der Waals surface area contributed by atoms with Crippen LogP contribution in [0.15, 0.2) is 48.5 Å². The number of benzene rings is 2. The molecule has 4 rings (SSSR count). The van der Waals surface area contributed by atoms with Gasteiger partial charge >= 0.3 is 0 Å². The van der Waals surface area contributed by atoms with E-state index in [2.05, 4.69) is 0 Å². The molecule has 0 spiro atoms. The predicted octanol–water partition coefficient (Wildman–Crippen LogP) is 1.10. The van der Waals surface area contributed by atoms with Gasteiger partial charge in [0.2, 0.25) is 11.6 Å². The Morgan fingerprint density at radius 3 is 1.52 bits per heavy atom. The molecule has 116 valence electrons. The molecule has 2 aliphatic rings. The van der Waals surface area contributed by atoms with Crippen molar-refractivity contribution in [3.05, 3.63) is 70.8 Å². The highest BCUT2D eigenvalue weighted by atomic mass is 16.5. The largest absolute Gasteiger partial charge is 0.353 e. The zero-order valence-electron chi connectivity index (χ0n) is 12.2. The minimum Gasteiger partial charge on any atom is -0.353 e.